The van der Waals surface area contributed by atoms with Crippen molar-refractivity contribution in [1.29, 1.82) is 0 Å². The molecular weight excluding hydrogens is 166 g/mol. The lowest BCUT2D eigenvalue weighted by Gasteiger charge is -2.07. The van der Waals surface area contributed by atoms with Crippen LogP contribution in [0.4, 0.5) is 13.2 Å². The predicted molar refractivity (Wildman–Crippen MR) is 39.4 cm³/mol. The second-order valence-electron chi connectivity index (χ2n) is 2.40. The molecule has 0 atom stereocenters. The average molecular weight is 171 g/mol. The second-order valence-corrected chi connectivity index (χ2v) is 2.40. The number of rotatable bonds is 0. The Hall–Kier alpha value is -0.995. The van der Waals surface area contributed by atoms with E-state index < -0.39 is 11.7 Å². The minimum absolute atomic E-state index is 0.0600. The van der Waals surface area contributed by atoms with Crippen molar-refractivity contribution in [3.05, 3.63) is 23.5 Å². The molecule has 0 N–H and O–H groups in total. The number of halogens is 3. The molecule has 1 aromatic heterocycles. The van der Waals surface area contributed by atoms with Crippen LogP contribution in [-0.4, -0.2) is 12.8 Å². The van der Waals surface area contributed by atoms with Crippen molar-refractivity contribution < 1.29 is 13.2 Å². The van der Waals surface area contributed by atoms with Crippen LogP contribution in [0.1, 0.15) is 11.3 Å². The van der Waals surface area contributed by atoms with Gasteiger partial charge < -0.3 is 0 Å². The summed E-state index contributed by atoms with van der Waals surface area (Å²) in [6.07, 6.45) is -3.60. The number of hydrogen-bond acceptors (Lipinski definition) is 1. The molecule has 0 saturated carbocycles. The van der Waals surface area contributed by atoms with Crippen molar-refractivity contribution in [2.45, 2.75) is 13.1 Å². The van der Waals surface area contributed by atoms with E-state index in [1.165, 1.54) is 0 Å². The van der Waals surface area contributed by atoms with Gasteiger partial charge in [0, 0.05) is 11.9 Å². The van der Waals surface area contributed by atoms with Crippen molar-refractivity contribution in [1.82, 2.24) is 4.98 Å². The maximum Gasteiger partial charge on any atom is 0.417 e. The first kappa shape index (κ1) is 9.10. The van der Waals surface area contributed by atoms with Gasteiger partial charge in [0.15, 0.2) is 0 Å². The van der Waals surface area contributed by atoms with Crippen LogP contribution in [0.3, 0.4) is 0 Å². The standard InChI is InChI=1S/C7H5BF3N/c1-4-6(8)2-5(3-12-4)7(9,10)11/h2-3H,1H3. The number of alkyl halides is 3. The van der Waals surface area contributed by atoms with Gasteiger partial charge in [-0.05, 0) is 6.92 Å². The zero-order valence-electron chi connectivity index (χ0n) is 6.31. The van der Waals surface area contributed by atoms with Crippen molar-refractivity contribution >= 4 is 13.3 Å². The summed E-state index contributed by atoms with van der Waals surface area (Å²) in [5.74, 6) is 0. The van der Waals surface area contributed by atoms with E-state index in [1.54, 1.807) is 6.92 Å². The Balaban J connectivity index is 3.14. The summed E-state index contributed by atoms with van der Waals surface area (Å²) in [5, 5.41) is 0. The largest absolute Gasteiger partial charge is 0.417 e. The van der Waals surface area contributed by atoms with Crippen LogP contribution in [0.15, 0.2) is 12.3 Å². The van der Waals surface area contributed by atoms with E-state index in [2.05, 4.69) is 4.98 Å². The first-order chi connectivity index (χ1) is 5.41. The van der Waals surface area contributed by atoms with Crippen molar-refractivity contribution in [3.63, 3.8) is 0 Å². The molecule has 0 aliphatic heterocycles. The summed E-state index contributed by atoms with van der Waals surface area (Å²) in [7, 11) is 5.25. The third-order valence-electron chi connectivity index (χ3n) is 1.45. The molecule has 1 aromatic rings. The first-order valence-corrected chi connectivity index (χ1v) is 3.20. The lowest BCUT2D eigenvalue weighted by atomic mass is 9.93. The number of aryl methyl sites for hydroxylation is 1. The Morgan fingerprint density at radius 3 is 2.42 bits per heavy atom. The smallest absolute Gasteiger partial charge is 0.262 e. The Kier molecular flexibility index (Phi) is 2.13. The summed E-state index contributed by atoms with van der Waals surface area (Å²) in [5.41, 5.74) is -0.349. The Morgan fingerprint density at radius 1 is 1.42 bits per heavy atom. The molecule has 0 aliphatic rings. The normalized spacial score (nSPS) is 11.7. The fourth-order valence-corrected chi connectivity index (χ4v) is 0.705. The van der Waals surface area contributed by atoms with Gasteiger partial charge in [0.25, 0.3) is 0 Å². The first-order valence-electron chi connectivity index (χ1n) is 3.20. The summed E-state index contributed by atoms with van der Waals surface area (Å²) in [4.78, 5) is 3.50. The molecule has 0 bridgehead atoms. The van der Waals surface area contributed by atoms with E-state index in [0.717, 1.165) is 12.3 Å². The van der Waals surface area contributed by atoms with Gasteiger partial charge in [0.1, 0.15) is 7.85 Å². The van der Waals surface area contributed by atoms with E-state index in [1.807, 2.05) is 0 Å². The average Bonchev–Trinajstić information content (AvgIpc) is 1.92. The third kappa shape index (κ3) is 1.78. The highest BCUT2D eigenvalue weighted by atomic mass is 19.4. The summed E-state index contributed by atoms with van der Waals surface area (Å²) < 4.78 is 36.0. The van der Waals surface area contributed by atoms with Crippen molar-refractivity contribution in [2.75, 3.05) is 0 Å². The quantitative estimate of drug-likeness (QED) is 0.534. The van der Waals surface area contributed by atoms with Crippen LogP contribution in [-0.2, 0) is 6.18 Å². The van der Waals surface area contributed by atoms with Crippen LogP contribution in [0.5, 0.6) is 0 Å². The Bertz CT molecular complexity index is 295. The fourth-order valence-electron chi connectivity index (χ4n) is 0.705. The number of aromatic nitrogens is 1. The van der Waals surface area contributed by atoms with Crippen molar-refractivity contribution in [3.8, 4) is 0 Å². The molecule has 0 aliphatic carbocycles. The Labute approximate surface area is 69.0 Å². The van der Waals surface area contributed by atoms with E-state index in [9.17, 15) is 13.2 Å². The third-order valence-corrected chi connectivity index (χ3v) is 1.45. The fraction of sp³-hybridized carbons (Fsp3) is 0.286. The van der Waals surface area contributed by atoms with E-state index >= 15 is 0 Å². The molecule has 0 fully saturated rings. The van der Waals surface area contributed by atoms with Crippen LogP contribution in [0.2, 0.25) is 0 Å². The maximum absolute atomic E-state index is 12.0. The lowest BCUT2D eigenvalue weighted by Crippen LogP contribution is -2.15. The van der Waals surface area contributed by atoms with Gasteiger partial charge in [0.05, 0.1) is 5.56 Å². The van der Waals surface area contributed by atoms with Gasteiger partial charge in [-0.25, -0.2) is 0 Å². The topological polar surface area (TPSA) is 12.9 Å². The number of pyridine rings is 1. The van der Waals surface area contributed by atoms with E-state index in [-0.39, 0.29) is 5.46 Å². The van der Waals surface area contributed by atoms with E-state index in [4.69, 9.17) is 7.85 Å². The van der Waals surface area contributed by atoms with Crippen LogP contribution < -0.4 is 5.46 Å². The van der Waals surface area contributed by atoms with Gasteiger partial charge in [-0.2, -0.15) is 13.2 Å². The summed E-state index contributed by atoms with van der Waals surface area (Å²) in [6.45, 7) is 1.55. The molecule has 0 unspecified atom stereocenters. The zero-order chi connectivity index (χ0) is 9.35. The summed E-state index contributed by atoms with van der Waals surface area (Å²) in [6, 6.07) is 0.877. The highest BCUT2D eigenvalue weighted by Crippen LogP contribution is 2.27. The monoisotopic (exact) mass is 171 g/mol. The molecule has 0 spiro atoms. The molecule has 1 nitrogen and oxygen atoms in total. The van der Waals surface area contributed by atoms with Gasteiger partial charge >= 0.3 is 6.18 Å². The highest BCUT2D eigenvalue weighted by Gasteiger charge is 2.30. The van der Waals surface area contributed by atoms with Gasteiger partial charge in [-0.15, -0.1) is 0 Å². The van der Waals surface area contributed by atoms with Crippen LogP contribution >= 0.6 is 0 Å². The van der Waals surface area contributed by atoms with E-state index in [0.29, 0.717) is 5.69 Å². The SMILES string of the molecule is [B]c1cc(C(F)(F)F)cnc1C. The summed E-state index contributed by atoms with van der Waals surface area (Å²) >= 11 is 0. The van der Waals surface area contributed by atoms with Gasteiger partial charge in [-0.3, -0.25) is 4.98 Å². The molecule has 1 heterocycles. The predicted octanol–water partition coefficient (Wildman–Crippen LogP) is 1.20. The Morgan fingerprint density at radius 2 is 2.00 bits per heavy atom. The molecule has 0 saturated heterocycles. The molecule has 0 aromatic carbocycles. The molecule has 62 valence electrons. The second kappa shape index (κ2) is 2.81. The van der Waals surface area contributed by atoms with Gasteiger partial charge in [-0.1, -0.05) is 11.5 Å². The highest BCUT2D eigenvalue weighted by molar-refractivity contribution is 6.33. The maximum atomic E-state index is 12.0. The molecule has 12 heavy (non-hydrogen) atoms. The molecule has 1 rings (SSSR count). The molecular formula is C7H5BF3N. The zero-order valence-corrected chi connectivity index (χ0v) is 6.31. The lowest BCUT2D eigenvalue weighted by molar-refractivity contribution is -0.137. The minimum atomic E-state index is -4.37. The van der Waals surface area contributed by atoms with Gasteiger partial charge in [0.2, 0.25) is 0 Å². The minimum Gasteiger partial charge on any atom is -0.262 e. The van der Waals surface area contributed by atoms with Crippen LogP contribution in [0, 0.1) is 6.92 Å². The van der Waals surface area contributed by atoms with Crippen LogP contribution in [0.25, 0.3) is 0 Å². The molecule has 5 heteroatoms. The molecule has 0 amide bonds. The number of hydrogen-bond donors (Lipinski definition) is 0. The molecule has 2 radical (unpaired) electrons. The van der Waals surface area contributed by atoms with Crippen molar-refractivity contribution in [2.24, 2.45) is 0 Å². The number of nitrogens with zero attached hydrogens (tertiary/aromatic N) is 1.